The maximum absolute atomic E-state index is 5.78. The highest BCUT2D eigenvalue weighted by molar-refractivity contribution is 5.13. The Kier molecular flexibility index (Phi) is 3.79. The summed E-state index contributed by atoms with van der Waals surface area (Å²) in [6.07, 6.45) is 1.11. The SMILES string of the molecule is CCC1=C(C(C)C)OCCN(C)C1. The molecule has 76 valence electrons. The lowest BCUT2D eigenvalue weighted by Gasteiger charge is -2.15. The second-order valence-electron chi connectivity index (χ2n) is 4.06. The molecule has 0 fully saturated rings. The molecule has 1 heterocycles. The second kappa shape index (κ2) is 4.66. The highest BCUT2D eigenvalue weighted by Crippen LogP contribution is 2.21. The molecular weight excluding hydrogens is 162 g/mol. The molecule has 2 nitrogen and oxygen atoms in total. The molecule has 0 saturated heterocycles. The molecule has 0 aromatic rings. The van der Waals surface area contributed by atoms with Crippen molar-refractivity contribution >= 4 is 0 Å². The van der Waals surface area contributed by atoms with Gasteiger partial charge in [0, 0.05) is 19.0 Å². The van der Waals surface area contributed by atoms with Crippen LogP contribution in [0, 0.1) is 5.92 Å². The predicted octanol–water partition coefficient (Wildman–Crippen LogP) is 2.27. The van der Waals surface area contributed by atoms with Crippen LogP contribution >= 0.6 is 0 Å². The molecular formula is C11H21NO. The molecule has 0 aromatic heterocycles. The van der Waals surface area contributed by atoms with E-state index in [4.69, 9.17) is 4.74 Å². The van der Waals surface area contributed by atoms with E-state index in [9.17, 15) is 0 Å². The van der Waals surface area contributed by atoms with Gasteiger partial charge in [-0.2, -0.15) is 0 Å². The minimum Gasteiger partial charge on any atom is -0.496 e. The maximum atomic E-state index is 5.78. The Bertz CT molecular complexity index is 196. The van der Waals surface area contributed by atoms with Gasteiger partial charge in [0.25, 0.3) is 0 Å². The fraction of sp³-hybridized carbons (Fsp3) is 0.818. The second-order valence-corrected chi connectivity index (χ2v) is 4.06. The third-order valence-electron chi connectivity index (χ3n) is 2.49. The van der Waals surface area contributed by atoms with Crippen LogP contribution in [0.5, 0.6) is 0 Å². The lowest BCUT2D eigenvalue weighted by molar-refractivity contribution is 0.172. The average molecular weight is 183 g/mol. The first kappa shape index (κ1) is 10.6. The molecule has 0 aromatic carbocycles. The van der Waals surface area contributed by atoms with Crippen molar-refractivity contribution in [2.45, 2.75) is 27.2 Å². The summed E-state index contributed by atoms with van der Waals surface area (Å²) in [5.74, 6) is 1.76. The van der Waals surface area contributed by atoms with Crippen molar-refractivity contribution < 1.29 is 4.74 Å². The highest BCUT2D eigenvalue weighted by Gasteiger charge is 2.16. The number of ether oxygens (including phenoxy) is 1. The number of hydrogen-bond acceptors (Lipinski definition) is 2. The van der Waals surface area contributed by atoms with Gasteiger partial charge in [-0.25, -0.2) is 0 Å². The summed E-state index contributed by atoms with van der Waals surface area (Å²) in [4.78, 5) is 2.33. The molecule has 0 unspecified atom stereocenters. The Balaban J connectivity index is 2.80. The number of likely N-dealkylation sites (N-methyl/N-ethyl adjacent to an activating group) is 1. The fourth-order valence-corrected chi connectivity index (χ4v) is 1.76. The molecule has 1 rings (SSSR count). The first-order chi connectivity index (χ1) is 6.15. The van der Waals surface area contributed by atoms with Gasteiger partial charge in [-0.05, 0) is 19.0 Å². The Labute approximate surface area is 81.6 Å². The van der Waals surface area contributed by atoms with Crippen LogP contribution < -0.4 is 0 Å². The quantitative estimate of drug-likeness (QED) is 0.651. The fourth-order valence-electron chi connectivity index (χ4n) is 1.76. The summed E-state index contributed by atoms with van der Waals surface area (Å²) in [7, 11) is 2.16. The summed E-state index contributed by atoms with van der Waals surface area (Å²) in [6.45, 7) is 9.57. The number of rotatable bonds is 2. The van der Waals surface area contributed by atoms with Crippen LogP contribution in [-0.4, -0.2) is 31.6 Å². The number of allylic oxidation sites excluding steroid dienone is 1. The lowest BCUT2D eigenvalue weighted by Crippen LogP contribution is -2.22. The molecule has 0 spiro atoms. The molecule has 13 heavy (non-hydrogen) atoms. The third kappa shape index (κ3) is 2.73. The van der Waals surface area contributed by atoms with Crippen molar-refractivity contribution in [2.75, 3.05) is 26.7 Å². The van der Waals surface area contributed by atoms with Crippen LogP contribution in [0.1, 0.15) is 27.2 Å². The molecule has 2 heteroatoms. The molecule has 0 saturated carbocycles. The summed E-state index contributed by atoms with van der Waals surface area (Å²) < 4.78 is 5.78. The van der Waals surface area contributed by atoms with E-state index in [1.165, 1.54) is 11.3 Å². The minimum atomic E-state index is 0.529. The summed E-state index contributed by atoms with van der Waals surface area (Å²) in [6, 6.07) is 0. The molecule has 0 atom stereocenters. The van der Waals surface area contributed by atoms with Gasteiger partial charge in [0.05, 0.1) is 5.76 Å². The first-order valence-electron chi connectivity index (χ1n) is 5.18. The zero-order chi connectivity index (χ0) is 9.84. The van der Waals surface area contributed by atoms with E-state index < -0.39 is 0 Å². The monoisotopic (exact) mass is 183 g/mol. The van der Waals surface area contributed by atoms with Crippen molar-refractivity contribution in [3.63, 3.8) is 0 Å². The van der Waals surface area contributed by atoms with Crippen LogP contribution in [0.2, 0.25) is 0 Å². The summed E-state index contributed by atoms with van der Waals surface area (Å²) >= 11 is 0. The zero-order valence-corrected chi connectivity index (χ0v) is 9.26. The summed E-state index contributed by atoms with van der Waals surface area (Å²) in [5, 5.41) is 0. The van der Waals surface area contributed by atoms with E-state index in [-0.39, 0.29) is 0 Å². The van der Waals surface area contributed by atoms with Gasteiger partial charge >= 0.3 is 0 Å². The maximum Gasteiger partial charge on any atom is 0.100 e. The van der Waals surface area contributed by atoms with Crippen LogP contribution in [0.25, 0.3) is 0 Å². The largest absolute Gasteiger partial charge is 0.496 e. The van der Waals surface area contributed by atoms with Crippen molar-refractivity contribution in [2.24, 2.45) is 5.92 Å². The van der Waals surface area contributed by atoms with Gasteiger partial charge in [-0.3, -0.25) is 4.90 Å². The van der Waals surface area contributed by atoms with Crippen molar-refractivity contribution in [1.29, 1.82) is 0 Å². The van der Waals surface area contributed by atoms with Gasteiger partial charge in [-0.1, -0.05) is 20.8 Å². The van der Waals surface area contributed by atoms with E-state index in [0.717, 1.165) is 26.1 Å². The van der Waals surface area contributed by atoms with Gasteiger partial charge < -0.3 is 4.74 Å². The minimum absolute atomic E-state index is 0.529. The smallest absolute Gasteiger partial charge is 0.100 e. The predicted molar refractivity (Wildman–Crippen MR) is 55.6 cm³/mol. The van der Waals surface area contributed by atoms with Crippen LogP contribution in [0.3, 0.4) is 0 Å². The Morgan fingerprint density at radius 3 is 2.69 bits per heavy atom. The van der Waals surface area contributed by atoms with Gasteiger partial charge in [-0.15, -0.1) is 0 Å². The molecule has 0 amide bonds. The van der Waals surface area contributed by atoms with E-state index in [0.29, 0.717) is 5.92 Å². The standard InChI is InChI=1S/C11H21NO/c1-5-10-8-12(4)6-7-13-11(10)9(2)3/h9H,5-8H2,1-4H3. The van der Waals surface area contributed by atoms with Crippen LogP contribution in [-0.2, 0) is 4.74 Å². The number of hydrogen-bond donors (Lipinski definition) is 0. The lowest BCUT2D eigenvalue weighted by atomic mass is 10.0. The normalized spacial score (nSPS) is 20.4. The third-order valence-corrected chi connectivity index (χ3v) is 2.49. The van der Waals surface area contributed by atoms with E-state index >= 15 is 0 Å². The Morgan fingerprint density at radius 1 is 1.46 bits per heavy atom. The molecule has 0 N–H and O–H groups in total. The van der Waals surface area contributed by atoms with E-state index in [1.807, 2.05) is 0 Å². The first-order valence-corrected chi connectivity index (χ1v) is 5.18. The molecule has 0 aliphatic carbocycles. The van der Waals surface area contributed by atoms with E-state index in [2.05, 4.69) is 32.7 Å². The number of nitrogens with zero attached hydrogens (tertiary/aromatic N) is 1. The van der Waals surface area contributed by atoms with Gasteiger partial charge in [0.2, 0.25) is 0 Å². The zero-order valence-electron chi connectivity index (χ0n) is 9.26. The molecule has 1 aliphatic heterocycles. The Morgan fingerprint density at radius 2 is 2.15 bits per heavy atom. The topological polar surface area (TPSA) is 12.5 Å². The highest BCUT2D eigenvalue weighted by atomic mass is 16.5. The average Bonchev–Trinajstić information content (AvgIpc) is 2.26. The molecule has 0 radical (unpaired) electrons. The van der Waals surface area contributed by atoms with Gasteiger partial charge in [0.15, 0.2) is 0 Å². The van der Waals surface area contributed by atoms with Crippen LogP contribution in [0.15, 0.2) is 11.3 Å². The van der Waals surface area contributed by atoms with E-state index in [1.54, 1.807) is 0 Å². The van der Waals surface area contributed by atoms with Crippen LogP contribution in [0.4, 0.5) is 0 Å². The molecule has 0 bridgehead atoms. The van der Waals surface area contributed by atoms with Crippen molar-refractivity contribution in [1.82, 2.24) is 4.90 Å². The Hall–Kier alpha value is -0.500. The van der Waals surface area contributed by atoms with Crippen molar-refractivity contribution in [3.05, 3.63) is 11.3 Å². The molecule has 1 aliphatic rings. The summed E-state index contributed by atoms with van der Waals surface area (Å²) in [5.41, 5.74) is 1.47. The van der Waals surface area contributed by atoms with Crippen molar-refractivity contribution in [3.8, 4) is 0 Å². The van der Waals surface area contributed by atoms with Gasteiger partial charge in [0.1, 0.15) is 6.61 Å².